The summed E-state index contributed by atoms with van der Waals surface area (Å²) in [5.74, 6) is 2.01. The van der Waals surface area contributed by atoms with Gasteiger partial charge in [0.1, 0.15) is 0 Å². The Balaban J connectivity index is 2.07. The molecule has 0 radical (unpaired) electrons. The van der Waals surface area contributed by atoms with Crippen LogP contribution < -0.4 is 5.32 Å². The van der Waals surface area contributed by atoms with Crippen LogP contribution in [0.25, 0.3) is 0 Å². The minimum Gasteiger partial charge on any atom is -0.356 e. The predicted molar refractivity (Wildman–Crippen MR) is 56.9 cm³/mol. The van der Waals surface area contributed by atoms with Crippen LogP contribution in [0.5, 0.6) is 0 Å². The maximum atomic E-state index is 11.3. The summed E-state index contributed by atoms with van der Waals surface area (Å²) >= 11 is 0. The molecule has 1 saturated heterocycles. The van der Waals surface area contributed by atoms with Crippen LogP contribution in [-0.2, 0) is 4.79 Å². The molecule has 2 fully saturated rings. The molecule has 1 aliphatic carbocycles. The molecule has 1 heterocycles. The van der Waals surface area contributed by atoms with Crippen LogP contribution in [0.15, 0.2) is 0 Å². The number of amides is 1. The summed E-state index contributed by atoms with van der Waals surface area (Å²) in [6.45, 7) is 5.52. The summed E-state index contributed by atoms with van der Waals surface area (Å²) in [7, 11) is 0. The van der Waals surface area contributed by atoms with Crippen LogP contribution in [0.2, 0.25) is 0 Å². The molecule has 14 heavy (non-hydrogen) atoms. The van der Waals surface area contributed by atoms with Gasteiger partial charge in [0, 0.05) is 13.0 Å². The van der Waals surface area contributed by atoms with Crippen molar-refractivity contribution in [2.75, 3.05) is 6.54 Å². The van der Waals surface area contributed by atoms with Crippen LogP contribution in [-0.4, -0.2) is 12.5 Å². The monoisotopic (exact) mass is 195 g/mol. The molecule has 80 valence electrons. The first kappa shape index (κ1) is 10.0. The molecular weight excluding hydrogens is 174 g/mol. The number of carbonyl (C=O) groups excluding carboxylic acids is 1. The zero-order chi connectivity index (χ0) is 10.2. The van der Waals surface area contributed by atoms with Crippen molar-refractivity contribution in [3.8, 4) is 0 Å². The van der Waals surface area contributed by atoms with Crippen LogP contribution in [0.1, 0.15) is 46.0 Å². The summed E-state index contributed by atoms with van der Waals surface area (Å²) in [4.78, 5) is 11.3. The van der Waals surface area contributed by atoms with E-state index in [1.807, 2.05) is 0 Å². The van der Waals surface area contributed by atoms with E-state index in [0.717, 1.165) is 24.8 Å². The van der Waals surface area contributed by atoms with Crippen molar-refractivity contribution >= 4 is 5.91 Å². The number of hydrogen-bond donors (Lipinski definition) is 1. The molecule has 1 N–H and O–H groups in total. The predicted octanol–water partition coefficient (Wildman–Crippen LogP) is 2.34. The Bertz CT molecular complexity index is 224. The fourth-order valence-electron chi connectivity index (χ4n) is 3.52. The second-order valence-electron chi connectivity index (χ2n) is 5.20. The average Bonchev–Trinajstić information content (AvgIpc) is 2.71. The highest BCUT2D eigenvalue weighted by atomic mass is 16.1. The molecule has 0 aromatic rings. The fraction of sp³-hybridized carbons (Fsp3) is 0.917. The van der Waals surface area contributed by atoms with Gasteiger partial charge < -0.3 is 5.32 Å². The first-order valence-corrected chi connectivity index (χ1v) is 5.96. The lowest BCUT2D eigenvalue weighted by Crippen LogP contribution is -2.21. The molecule has 2 atom stereocenters. The molecule has 0 aromatic heterocycles. The van der Waals surface area contributed by atoms with Gasteiger partial charge in [-0.15, -0.1) is 0 Å². The van der Waals surface area contributed by atoms with E-state index >= 15 is 0 Å². The van der Waals surface area contributed by atoms with Crippen molar-refractivity contribution in [2.24, 2.45) is 17.3 Å². The highest BCUT2D eigenvalue weighted by molar-refractivity contribution is 5.79. The van der Waals surface area contributed by atoms with Gasteiger partial charge in [0.15, 0.2) is 0 Å². The maximum Gasteiger partial charge on any atom is 0.220 e. The Morgan fingerprint density at radius 3 is 2.21 bits per heavy atom. The van der Waals surface area contributed by atoms with Gasteiger partial charge in [-0.3, -0.25) is 4.79 Å². The molecule has 2 unspecified atom stereocenters. The smallest absolute Gasteiger partial charge is 0.220 e. The standard InChI is InChI=1S/C12H21NO/c1-3-9-5-12(6-10(9)4-2)7-11(14)13-8-12/h9-10H,3-8H2,1-2H3,(H,13,14). The molecule has 1 aliphatic heterocycles. The van der Waals surface area contributed by atoms with Gasteiger partial charge in [0.05, 0.1) is 0 Å². The molecule has 1 spiro atoms. The lowest BCUT2D eigenvalue weighted by Gasteiger charge is -2.20. The van der Waals surface area contributed by atoms with Gasteiger partial charge in [0.2, 0.25) is 5.91 Å². The van der Waals surface area contributed by atoms with Crippen molar-refractivity contribution in [1.82, 2.24) is 5.32 Å². The van der Waals surface area contributed by atoms with E-state index in [4.69, 9.17) is 0 Å². The van der Waals surface area contributed by atoms with E-state index in [1.54, 1.807) is 0 Å². The molecule has 1 saturated carbocycles. The van der Waals surface area contributed by atoms with E-state index in [-0.39, 0.29) is 5.91 Å². The molecule has 2 heteroatoms. The van der Waals surface area contributed by atoms with Crippen LogP contribution in [0.4, 0.5) is 0 Å². The fourth-order valence-corrected chi connectivity index (χ4v) is 3.52. The molecule has 2 aliphatic rings. The largest absolute Gasteiger partial charge is 0.356 e. The van der Waals surface area contributed by atoms with Crippen molar-refractivity contribution in [3.05, 3.63) is 0 Å². The number of hydrogen-bond acceptors (Lipinski definition) is 1. The van der Waals surface area contributed by atoms with Crippen molar-refractivity contribution in [1.29, 1.82) is 0 Å². The summed E-state index contributed by atoms with van der Waals surface area (Å²) in [5, 5.41) is 3.00. The molecule has 2 rings (SSSR count). The SMILES string of the molecule is CCC1CC2(CNC(=O)C2)CC1CC. The maximum absolute atomic E-state index is 11.3. The van der Waals surface area contributed by atoms with Gasteiger partial charge >= 0.3 is 0 Å². The topological polar surface area (TPSA) is 29.1 Å². The Morgan fingerprint density at radius 1 is 1.29 bits per heavy atom. The lowest BCUT2D eigenvalue weighted by molar-refractivity contribution is -0.119. The van der Waals surface area contributed by atoms with E-state index in [2.05, 4.69) is 19.2 Å². The van der Waals surface area contributed by atoms with Gasteiger partial charge in [-0.1, -0.05) is 26.7 Å². The van der Waals surface area contributed by atoms with E-state index in [9.17, 15) is 4.79 Å². The minimum atomic E-state index is 0.275. The zero-order valence-corrected chi connectivity index (χ0v) is 9.31. The Hall–Kier alpha value is -0.530. The molecular formula is C12H21NO. The van der Waals surface area contributed by atoms with Crippen molar-refractivity contribution < 1.29 is 4.79 Å². The summed E-state index contributed by atoms with van der Waals surface area (Å²) in [6.07, 6.45) is 5.92. The number of carbonyl (C=O) groups is 1. The first-order valence-electron chi connectivity index (χ1n) is 5.96. The van der Waals surface area contributed by atoms with E-state index < -0.39 is 0 Å². The van der Waals surface area contributed by atoms with Gasteiger partial charge in [-0.2, -0.15) is 0 Å². The molecule has 1 amide bonds. The lowest BCUT2D eigenvalue weighted by atomic mass is 9.84. The normalized spacial score (nSPS) is 42.0. The third kappa shape index (κ3) is 1.55. The van der Waals surface area contributed by atoms with Crippen molar-refractivity contribution in [2.45, 2.75) is 46.0 Å². The number of rotatable bonds is 2. The van der Waals surface area contributed by atoms with Crippen LogP contribution >= 0.6 is 0 Å². The van der Waals surface area contributed by atoms with Crippen LogP contribution in [0.3, 0.4) is 0 Å². The second-order valence-corrected chi connectivity index (χ2v) is 5.20. The Kier molecular flexibility index (Phi) is 2.54. The molecule has 2 nitrogen and oxygen atoms in total. The van der Waals surface area contributed by atoms with Crippen molar-refractivity contribution in [3.63, 3.8) is 0 Å². The molecule has 0 aromatic carbocycles. The highest BCUT2D eigenvalue weighted by Gasteiger charge is 2.47. The van der Waals surface area contributed by atoms with Gasteiger partial charge in [-0.25, -0.2) is 0 Å². The van der Waals surface area contributed by atoms with E-state index in [1.165, 1.54) is 25.7 Å². The number of nitrogens with one attached hydrogen (secondary N) is 1. The molecule has 0 bridgehead atoms. The quantitative estimate of drug-likeness (QED) is 0.720. The van der Waals surface area contributed by atoms with Crippen LogP contribution in [0, 0.1) is 17.3 Å². The minimum absolute atomic E-state index is 0.275. The zero-order valence-electron chi connectivity index (χ0n) is 9.31. The first-order chi connectivity index (χ1) is 6.69. The third-order valence-corrected chi connectivity index (χ3v) is 4.30. The van der Waals surface area contributed by atoms with E-state index in [0.29, 0.717) is 5.41 Å². The average molecular weight is 195 g/mol. The third-order valence-electron chi connectivity index (χ3n) is 4.30. The highest BCUT2D eigenvalue weighted by Crippen LogP contribution is 2.51. The Morgan fingerprint density at radius 2 is 1.86 bits per heavy atom. The summed E-state index contributed by atoms with van der Waals surface area (Å²) in [5.41, 5.74) is 0.346. The van der Waals surface area contributed by atoms with Gasteiger partial charge in [-0.05, 0) is 30.1 Å². The second kappa shape index (κ2) is 3.56. The Labute approximate surface area is 86.5 Å². The summed E-state index contributed by atoms with van der Waals surface area (Å²) in [6, 6.07) is 0. The summed E-state index contributed by atoms with van der Waals surface area (Å²) < 4.78 is 0. The van der Waals surface area contributed by atoms with Gasteiger partial charge in [0.25, 0.3) is 0 Å².